The average molecular weight is 222 g/mol. The summed E-state index contributed by atoms with van der Waals surface area (Å²) in [6.45, 7) is 6.59. The van der Waals surface area contributed by atoms with Gasteiger partial charge >= 0.3 is 0 Å². The maximum atomic E-state index is 11.2. The van der Waals surface area contributed by atoms with Gasteiger partial charge in [-0.1, -0.05) is 12.2 Å². The summed E-state index contributed by atoms with van der Waals surface area (Å²) >= 11 is 0. The summed E-state index contributed by atoms with van der Waals surface area (Å²) in [5, 5.41) is 0. The first kappa shape index (κ1) is 13.6. The van der Waals surface area contributed by atoms with Gasteiger partial charge in [-0.2, -0.15) is 17.4 Å². The van der Waals surface area contributed by atoms with E-state index in [1.807, 2.05) is 6.92 Å². The summed E-state index contributed by atoms with van der Waals surface area (Å²) in [6.07, 6.45) is 0. The van der Waals surface area contributed by atoms with E-state index in [0.29, 0.717) is 13.2 Å². The Hall–Kier alpha value is -0.430. The van der Waals surface area contributed by atoms with Gasteiger partial charge in [-0.05, 0) is 6.92 Å². The minimum absolute atomic E-state index is 0.272. The normalized spacial score (nSPS) is 12.0. The molecule has 14 heavy (non-hydrogen) atoms. The Morgan fingerprint density at radius 3 is 2.50 bits per heavy atom. The maximum absolute atomic E-state index is 11.2. The number of hydrogen-bond acceptors (Lipinski definition) is 3. The van der Waals surface area contributed by atoms with Crippen molar-refractivity contribution in [3.05, 3.63) is 12.2 Å². The molecule has 0 rings (SSSR count). The molecule has 0 aliphatic carbocycles. The monoisotopic (exact) mass is 222 g/mol. The molecule has 0 radical (unpaired) electrons. The molecule has 6 heteroatoms. The predicted octanol–water partition coefficient (Wildman–Crippen LogP) is -0.0249. The molecular formula is C8H18N2O3S. The third kappa shape index (κ3) is 6.09. The van der Waals surface area contributed by atoms with E-state index >= 15 is 0 Å². The number of nitrogens with zero attached hydrogens (tertiary/aromatic N) is 1. The van der Waals surface area contributed by atoms with Crippen molar-refractivity contribution >= 4 is 10.2 Å². The molecule has 0 spiro atoms. The van der Waals surface area contributed by atoms with Crippen LogP contribution >= 0.6 is 0 Å². The van der Waals surface area contributed by atoms with E-state index in [-0.39, 0.29) is 6.54 Å². The molecule has 0 aliphatic rings. The Morgan fingerprint density at radius 2 is 2.07 bits per heavy atom. The van der Waals surface area contributed by atoms with Gasteiger partial charge in [0.15, 0.2) is 0 Å². The van der Waals surface area contributed by atoms with Crippen molar-refractivity contribution in [1.29, 1.82) is 0 Å². The second-order valence-corrected chi connectivity index (χ2v) is 5.16. The van der Waals surface area contributed by atoms with Crippen LogP contribution in [-0.4, -0.2) is 46.6 Å². The van der Waals surface area contributed by atoms with Crippen LogP contribution in [0.4, 0.5) is 0 Å². The van der Waals surface area contributed by atoms with Gasteiger partial charge in [-0.25, -0.2) is 0 Å². The van der Waals surface area contributed by atoms with E-state index in [0.717, 1.165) is 9.88 Å². The second-order valence-electron chi connectivity index (χ2n) is 3.19. The molecular weight excluding hydrogens is 204 g/mol. The first-order valence-electron chi connectivity index (χ1n) is 4.25. The van der Waals surface area contributed by atoms with Crippen LogP contribution in [0, 0.1) is 0 Å². The zero-order chi connectivity index (χ0) is 11.2. The summed E-state index contributed by atoms with van der Waals surface area (Å²) < 4.78 is 31.0. The van der Waals surface area contributed by atoms with Crippen LogP contribution in [0.15, 0.2) is 12.2 Å². The molecule has 0 amide bonds. The Bertz CT molecular complexity index is 272. The van der Waals surface area contributed by atoms with Crippen molar-refractivity contribution in [2.45, 2.75) is 6.92 Å². The van der Waals surface area contributed by atoms with Crippen molar-refractivity contribution in [3.8, 4) is 0 Å². The van der Waals surface area contributed by atoms with Crippen molar-refractivity contribution < 1.29 is 13.2 Å². The molecule has 0 heterocycles. The second kappa shape index (κ2) is 6.13. The molecule has 0 aromatic rings. The maximum Gasteiger partial charge on any atom is 0.279 e. The highest BCUT2D eigenvalue weighted by atomic mass is 32.2. The van der Waals surface area contributed by atoms with Crippen LogP contribution in [0.1, 0.15) is 6.92 Å². The highest BCUT2D eigenvalue weighted by molar-refractivity contribution is 7.87. The van der Waals surface area contributed by atoms with Gasteiger partial charge in [0.1, 0.15) is 0 Å². The van der Waals surface area contributed by atoms with Gasteiger partial charge in [-0.15, -0.1) is 0 Å². The molecule has 0 saturated heterocycles. The number of nitrogens with one attached hydrogen (secondary N) is 1. The van der Waals surface area contributed by atoms with Crippen LogP contribution in [-0.2, 0) is 14.9 Å². The van der Waals surface area contributed by atoms with Crippen LogP contribution in [0.2, 0.25) is 0 Å². The Balaban J connectivity index is 3.60. The number of hydrogen-bond donors (Lipinski definition) is 1. The molecule has 5 nitrogen and oxygen atoms in total. The quantitative estimate of drug-likeness (QED) is 0.486. The summed E-state index contributed by atoms with van der Waals surface area (Å²) in [5.74, 6) is 0. The lowest BCUT2D eigenvalue weighted by molar-refractivity contribution is 0.161. The van der Waals surface area contributed by atoms with Crippen LogP contribution in [0.25, 0.3) is 0 Å². The molecule has 0 aromatic heterocycles. The smallest absolute Gasteiger partial charge is 0.279 e. The zero-order valence-electron chi connectivity index (χ0n) is 8.91. The van der Waals surface area contributed by atoms with Crippen molar-refractivity contribution in [1.82, 2.24) is 9.03 Å². The zero-order valence-corrected chi connectivity index (χ0v) is 9.73. The number of rotatable bonds is 7. The molecule has 84 valence electrons. The molecule has 1 N–H and O–H groups in total. The molecule has 0 bridgehead atoms. The fraction of sp³-hybridized carbons (Fsp3) is 0.750. The molecule has 0 aromatic carbocycles. The van der Waals surface area contributed by atoms with Crippen LogP contribution < -0.4 is 4.72 Å². The van der Waals surface area contributed by atoms with Crippen LogP contribution in [0.5, 0.6) is 0 Å². The van der Waals surface area contributed by atoms with Crippen molar-refractivity contribution in [3.63, 3.8) is 0 Å². The Kier molecular flexibility index (Phi) is 5.94. The summed E-state index contributed by atoms with van der Waals surface area (Å²) in [5.41, 5.74) is 0.917. The largest absolute Gasteiger partial charge is 0.376 e. The Morgan fingerprint density at radius 1 is 1.50 bits per heavy atom. The van der Waals surface area contributed by atoms with Gasteiger partial charge in [0.05, 0.1) is 13.2 Å². The third-order valence-corrected chi connectivity index (χ3v) is 2.89. The van der Waals surface area contributed by atoms with Gasteiger partial charge in [0.25, 0.3) is 10.2 Å². The molecule has 0 atom stereocenters. The van der Waals surface area contributed by atoms with E-state index in [2.05, 4.69) is 11.3 Å². The van der Waals surface area contributed by atoms with Gasteiger partial charge in [0, 0.05) is 20.6 Å². The first-order valence-corrected chi connectivity index (χ1v) is 5.69. The first-order chi connectivity index (χ1) is 6.36. The average Bonchev–Trinajstić information content (AvgIpc) is 2.02. The lowest BCUT2D eigenvalue weighted by Crippen LogP contribution is -2.37. The van der Waals surface area contributed by atoms with E-state index < -0.39 is 10.2 Å². The molecule has 0 fully saturated rings. The SMILES string of the molecule is C=C(C)COCCNS(=O)(=O)N(C)C. The Labute approximate surface area is 85.9 Å². The van der Waals surface area contributed by atoms with E-state index in [9.17, 15) is 8.42 Å². The lowest BCUT2D eigenvalue weighted by Gasteiger charge is -2.12. The highest BCUT2D eigenvalue weighted by Crippen LogP contribution is 1.89. The topological polar surface area (TPSA) is 58.6 Å². The number of ether oxygens (including phenoxy) is 1. The molecule has 0 unspecified atom stereocenters. The standard InChI is InChI=1S/C8H18N2O3S/c1-8(2)7-13-6-5-9-14(11,12)10(3)4/h9H,1,5-7H2,2-4H3. The van der Waals surface area contributed by atoms with Gasteiger partial charge in [-0.3, -0.25) is 0 Å². The fourth-order valence-electron chi connectivity index (χ4n) is 0.618. The minimum Gasteiger partial charge on any atom is -0.376 e. The summed E-state index contributed by atoms with van der Waals surface area (Å²) in [7, 11) is -0.379. The highest BCUT2D eigenvalue weighted by Gasteiger charge is 2.10. The molecule has 0 aliphatic heterocycles. The van der Waals surface area contributed by atoms with Gasteiger partial charge in [0.2, 0.25) is 0 Å². The van der Waals surface area contributed by atoms with Crippen molar-refractivity contribution in [2.75, 3.05) is 33.9 Å². The van der Waals surface area contributed by atoms with Crippen LogP contribution in [0.3, 0.4) is 0 Å². The fourth-order valence-corrected chi connectivity index (χ4v) is 1.22. The minimum atomic E-state index is -3.32. The lowest BCUT2D eigenvalue weighted by atomic mass is 10.4. The predicted molar refractivity (Wildman–Crippen MR) is 56.2 cm³/mol. The van der Waals surface area contributed by atoms with Crippen molar-refractivity contribution in [2.24, 2.45) is 0 Å². The van der Waals surface area contributed by atoms with E-state index in [1.165, 1.54) is 14.1 Å². The summed E-state index contributed by atoms with van der Waals surface area (Å²) in [6, 6.07) is 0. The van der Waals surface area contributed by atoms with E-state index in [4.69, 9.17) is 4.74 Å². The summed E-state index contributed by atoms with van der Waals surface area (Å²) in [4.78, 5) is 0. The van der Waals surface area contributed by atoms with Gasteiger partial charge < -0.3 is 4.74 Å². The molecule has 0 saturated carbocycles. The van der Waals surface area contributed by atoms with E-state index in [1.54, 1.807) is 0 Å². The third-order valence-electron chi connectivity index (χ3n) is 1.36.